The molecule has 0 aromatic heterocycles. The zero-order chi connectivity index (χ0) is 21.3. The molecule has 28 heavy (non-hydrogen) atoms. The number of carbonyl (C=O) groups is 3. The van der Waals surface area contributed by atoms with Gasteiger partial charge < -0.3 is 23.7 Å². The van der Waals surface area contributed by atoms with Crippen molar-refractivity contribution in [2.75, 3.05) is 40.1 Å². The number of ether oxygens (including phenoxy) is 5. The number of rotatable bonds is 9. The van der Waals surface area contributed by atoms with Gasteiger partial charge in [-0.2, -0.15) is 4.39 Å². The van der Waals surface area contributed by atoms with E-state index in [2.05, 4.69) is 5.92 Å². The maximum absolute atomic E-state index is 13.2. The summed E-state index contributed by atoms with van der Waals surface area (Å²) in [6.45, 7) is 3.15. The Kier molecular flexibility index (Phi) is 9.31. The van der Waals surface area contributed by atoms with E-state index in [1.165, 1.54) is 20.8 Å². The third-order valence-electron chi connectivity index (χ3n) is 3.98. The third-order valence-corrected chi connectivity index (χ3v) is 3.98. The van der Waals surface area contributed by atoms with Crippen molar-refractivity contribution in [2.24, 2.45) is 0 Å². The fourth-order valence-electron chi connectivity index (χ4n) is 2.64. The van der Waals surface area contributed by atoms with Crippen molar-refractivity contribution in [3.05, 3.63) is 0 Å². The van der Waals surface area contributed by atoms with E-state index in [0.717, 1.165) is 0 Å². The van der Waals surface area contributed by atoms with Crippen LogP contribution < -0.4 is 0 Å². The van der Waals surface area contributed by atoms with Crippen molar-refractivity contribution < 1.29 is 46.9 Å². The highest BCUT2D eigenvalue weighted by atomic mass is 19.1. The van der Waals surface area contributed by atoms with Gasteiger partial charge in [-0.1, -0.05) is 0 Å². The zero-order valence-corrected chi connectivity index (χ0v) is 16.5. The first kappa shape index (κ1) is 23.8. The molecule has 1 aliphatic rings. The minimum absolute atomic E-state index is 0.0373. The Morgan fingerprint density at radius 1 is 1.11 bits per heavy atom. The Bertz CT molecular complexity index is 607. The van der Waals surface area contributed by atoms with Crippen LogP contribution in [0.25, 0.3) is 0 Å². The van der Waals surface area contributed by atoms with Crippen LogP contribution in [0.15, 0.2) is 0 Å². The molecule has 158 valence electrons. The van der Waals surface area contributed by atoms with Gasteiger partial charge in [-0.25, -0.2) is 0 Å². The zero-order valence-electron chi connectivity index (χ0n) is 16.5. The molecule has 0 aromatic carbocycles. The fraction of sp³-hybridized carbons (Fsp3) is 0.722. The van der Waals surface area contributed by atoms with Crippen LogP contribution in [0, 0.1) is 12.3 Å². The first-order chi connectivity index (χ1) is 13.1. The Labute approximate surface area is 163 Å². The molecular formula is C18H27FNO8+. The number of likely N-dealkylation sites (N-methyl/N-ethyl adjacent to an activating group) is 1. The molecule has 0 amide bonds. The van der Waals surface area contributed by atoms with E-state index in [1.807, 2.05) is 0 Å². The van der Waals surface area contributed by atoms with E-state index < -0.39 is 49.3 Å². The normalized spacial score (nSPS) is 26.4. The monoisotopic (exact) mass is 404 g/mol. The average Bonchev–Trinajstić information content (AvgIpc) is 2.58. The second-order valence-corrected chi connectivity index (χ2v) is 6.69. The lowest BCUT2D eigenvalue weighted by molar-refractivity contribution is -0.915. The smallest absolute Gasteiger partial charge is 0.303 e. The lowest BCUT2D eigenvalue weighted by Gasteiger charge is -2.40. The van der Waals surface area contributed by atoms with E-state index in [-0.39, 0.29) is 30.8 Å². The Morgan fingerprint density at radius 3 is 2.18 bits per heavy atom. The van der Waals surface area contributed by atoms with Gasteiger partial charge in [0.05, 0.1) is 20.3 Å². The number of nitrogens with zero attached hydrogens (tertiary/aromatic N) is 1. The number of hydrogen-bond donors (Lipinski definition) is 0. The molecule has 1 rings (SSSR count). The molecule has 0 N–H and O–H groups in total. The van der Waals surface area contributed by atoms with Crippen LogP contribution >= 0.6 is 0 Å². The van der Waals surface area contributed by atoms with Crippen molar-refractivity contribution in [1.29, 1.82) is 0 Å². The van der Waals surface area contributed by atoms with E-state index in [0.29, 0.717) is 0 Å². The average molecular weight is 404 g/mol. The number of esters is 3. The first-order valence-corrected chi connectivity index (χ1v) is 8.69. The molecule has 0 radical (unpaired) electrons. The van der Waals surface area contributed by atoms with Crippen molar-refractivity contribution in [3.63, 3.8) is 0 Å². The molecule has 1 fully saturated rings. The second-order valence-electron chi connectivity index (χ2n) is 6.69. The maximum Gasteiger partial charge on any atom is 0.303 e. The summed E-state index contributed by atoms with van der Waals surface area (Å²) >= 11 is 0. The lowest BCUT2D eigenvalue weighted by Crippen LogP contribution is -2.58. The quantitative estimate of drug-likeness (QED) is 0.176. The van der Waals surface area contributed by atoms with Gasteiger partial charge in [0.25, 0.3) is 0 Å². The number of hydrogen-bond acceptors (Lipinski definition) is 8. The molecule has 1 heterocycles. The van der Waals surface area contributed by atoms with Gasteiger partial charge in [0.1, 0.15) is 13.1 Å². The van der Waals surface area contributed by atoms with Gasteiger partial charge in [-0.15, -0.1) is 6.42 Å². The molecule has 1 saturated heterocycles. The number of carbonyl (C=O) groups excluding carboxylic acids is 3. The van der Waals surface area contributed by atoms with Crippen molar-refractivity contribution in [2.45, 2.75) is 45.4 Å². The number of alkyl halides is 1. The highest BCUT2D eigenvalue weighted by Crippen LogP contribution is 2.25. The lowest BCUT2D eigenvalue weighted by atomic mass is 10.0. The topological polar surface area (TPSA) is 97.4 Å². The predicted molar refractivity (Wildman–Crippen MR) is 93.1 cm³/mol. The van der Waals surface area contributed by atoms with E-state index in [9.17, 15) is 18.8 Å². The summed E-state index contributed by atoms with van der Waals surface area (Å²) in [5.74, 6) is 0.468. The van der Waals surface area contributed by atoms with Crippen molar-refractivity contribution in [3.8, 4) is 12.3 Å². The predicted octanol–water partition coefficient (Wildman–Crippen LogP) is 0.161. The molecule has 1 aliphatic heterocycles. The van der Waals surface area contributed by atoms with Gasteiger partial charge in [0, 0.05) is 20.8 Å². The highest BCUT2D eigenvalue weighted by molar-refractivity contribution is 5.68. The minimum Gasteiger partial charge on any atom is -0.456 e. The van der Waals surface area contributed by atoms with Crippen LogP contribution in [0.1, 0.15) is 20.8 Å². The SMILES string of the molecule is C#CC[N+](C)(CF)CCOC1OC[C@H](OC(C)=O)[C@H](OC(C)=O)[C@H]1OC(C)=O. The standard InChI is InChI=1S/C18H27FNO8/c1-6-7-20(5,11-19)8-9-24-18-17(28-14(4)23)16(27-13(3)22)15(10-25-18)26-12(2)21/h1,15-18H,7-11H2,2-5H3/q+1/t15-,16-,17+,18?,20?/m0/s1. The molecule has 0 aliphatic carbocycles. The van der Waals surface area contributed by atoms with Crippen LogP contribution in [0.2, 0.25) is 0 Å². The van der Waals surface area contributed by atoms with Crippen LogP contribution in [-0.2, 0) is 38.1 Å². The third kappa shape index (κ3) is 7.42. The van der Waals surface area contributed by atoms with Gasteiger partial charge in [-0.05, 0) is 5.92 Å². The first-order valence-electron chi connectivity index (χ1n) is 8.69. The summed E-state index contributed by atoms with van der Waals surface area (Å²) in [5.41, 5.74) is 0. The van der Waals surface area contributed by atoms with Crippen LogP contribution in [0.4, 0.5) is 4.39 Å². The van der Waals surface area contributed by atoms with E-state index in [1.54, 1.807) is 7.05 Å². The van der Waals surface area contributed by atoms with Gasteiger partial charge in [0.2, 0.25) is 6.80 Å². The Hall–Kier alpha value is -2.22. The van der Waals surface area contributed by atoms with E-state index >= 15 is 0 Å². The minimum atomic E-state index is -1.17. The summed E-state index contributed by atoms with van der Waals surface area (Å²) in [6, 6.07) is 0. The molecule has 0 saturated carbocycles. The molecule has 0 bridgehead atoms. The molecule has 0 aromatic rings. The summed E-state index contributed by atoms with van der Waals surface area (Å²) in [4.78, 5) is 34.3. The molecule has 9 nitrogen and oxygen atoms in total. The second kappa shape index (κ2) is 10.9. The number of quaternary nitrogens is 1. The van der Waals surface area contributed by atoms with Crippen LogP contribution in [-0.4, -0.2) is 87.1 Å². The Balaban J connectivity index is 2.91. The Morgan fingerprint density at radius 2 is 1.68 bits per heavy atom. The van der Waals surface area contributed by atoms with Gasteiger partial charge in [0.15, 0.2) is 24.6 Å². The molecule has 10 heteroatoms. The summed E-state index contributed by atoms with van der Waals surface area (Å²) < 4.78 is 39.8. The summed E-state index contributed by atoms with van der Waals surface area (Å²) in [6.07, 6.45) is 0.900. The number of terminal acetylenes is 1. The van der Waals surface area contributed by atoms with Crippen LogP contribution in [0.3, 0.4) is 0 Å². The van der Waals surface area contributed by atoms with Gasteiger partial charge >= 0.3 is 17.9 Å². The van der Waals surface area contributed by atoms with Crippen LogP contribution in [0.5, 0.6) is 0 Å². The summed E-state index contributed by atoms with van der Waals surface area (Å²) in [5, 5.41) is 0. The van der Waals surface area contributed by atoms with Crippen molar-refractivity contribution in [1.82, 2.24) is 0 Å². The maximum atomic E-state index is 13.2. The molecule has 0 spiro atoms. The van der Waals surface area contributed by atoms with Crippen molar-refractivity contribution >= 4 is 17.9 Å². The largest absolute Gasteiger partial charge is 0.456 e. The number of halogens is 1. The van der Waals surface area contributed by atoms with Gasteiger partial charge in [-0.3, -0.25) is 18.9 Å². The van der Waals surface area contributed by atoms with E-state index in [4.69, 9.17) is 30.1 Å². The highest BCUT2D eigenvalue weighted by Gasteiger charge is 2.47. The summed E-state index contributed by atoms with van der Waals surface area (Å²) in [7, 11) is 1.63. The molecule has 2 unspecified atom stereocenters. The molecule has 5 atom stereocenters. The fourth-order valence-corrected chi connectivity index (χ4v) is 2.64. The molecular weight excluding hydrogens is 377 g/mol.